The molecule has 1 aliphatic heterocycles. The molecular weight excluding hydrogens is 148 g/mol. The van der Waals surface area contributed by atoms with Crippen LogP contribution in [0.15, 0.2) is 0 Å². The van der Waals surface area contributed by atoms with Crippen molar-refractivity contribution in [2.75, 3.05) is 20.6 Å². The molecular formula is C10H20N2. The van der Waals surface area contributed by atoms with Gasteiger partial charge in [-0.05, 0) is 52.7 Å². The highest BCUT2D eigenvalue weighted by atomic mass is 15.2. The summed E-state index contributed by atoms with van der Waals surface area (Å²) in [4.78, 5) is 2.59. The zero-order valence-electron chi connectivity index (χ0n) is 8.27. The minimum atomic E-state index is 0.591. The van der Waals surface area contributed by atoms with Gasteiger partial charge in [-0.25, -0.2) is 0 Å². The van der Waals surface area contributed by atoms with Crippen molar-refractivity contribution in [3.63, 3.8) is 0 Å². The van der Waals surface area contributed by atoms with Gasteiger partial charge in [0.05, 0.1) is 0 Å². The average molecular weight is 168 g/mol. The lowest BCUT2D eigenvalue weighted by Crippen LogP contribution is -2.40. The summed E-state index contributed by atoms with van der Waals surface area (Å²) >= 11 is 0. The van der Waals surface area contributed by atoms with Crippen LogP contribution in [0.5, 0.6) is 0 Å². The van der Waals surface area contributed by atoms with Crippen LogP contribution in [-0.4, -0.2) is 37.1 Å². The first-order valence-electron chi connectivity index (χ1n) is 5.15. The molecule has 1 saturated heterocycles. The number of nitrogens with one attached hydrogen (secondary N) is 1. The Bertz CT molecular complexity index is 169. The van der Waals surface area contributed by atoms with Gasteiger partial charge in [-0.15, -0.1) is 0 Å². The lowest BCUT2D eigenvalue weighted by molar-refractivity contribution is 0.177. The Labute approximate surface area is 75.3 Å². The second-order valence-corrected chi connectivity index (χ2v) is 4.48. The maximum Gasteiger partial charge on any atom is 0.0222 e. The highest BCUT2D eigenvalue weighted by Crippen LogP contribution is 2.41. The molecule has 0 radical (unpaired) electrons. The third-order valence-corrected chi connectivity index (χ3v) is 3.94. The van der Waals surface area contributed by atoms with E-state index in [0.29, 0.717) is 5.54 Å². The smallest absolute Gasteiger partial charge is 0.0222 e. The molecule has 2 nitrogen and oxygen atoms in total. The molecule has 2 fully saturated rings. The molecule has 1 aliphatic carbocycles. The molecule has 1 spiro atoms. The van der Waals surface area contributed by atoms with Crippen LogP contribution in [0.2, 0.25) is 0 Å². The molecule has 0 aromatic heterocycles. The first kappa shape index (κ1) is 8.52. The van der Waals surface area contributed by atoms with E-state index in [2.05, 4.69) is 24.3 Å². The first-order chi connectivity index (χ1) is 5.77. The van der Waals surface area contributed by atoms with E-state index in [-0.39, 0.29) is 0 Å². The van der Waals surface area contributed by atoms with Crippen molar-refractivity contribution >= 4 is 0 Å². The summed E-state index contributed by atoms with van der Waals surface area (Å²) in [7, 11) is 4.39. The predicted molar refractivity (Wildman–Crippen MR) is 51.3 cm³/mol. The van der Waals surface area contributed by atoms with Gasteiger partial charge < -0.3 is 10.2 Å². The summed E-state index contributed by atoms with van der Waals surface area (Å²) in [6.45, 7) is 1.32. The largest absolute Gasteiger partial charge is 0.317 e. The van der Waals surface area contributed by atoms with Gasteiger partial charge in [-0.3, -0.25) is 0 Å². The highest BCUT2D eigenvalue weighted by Gasteiger charge is 2.44. The van der Waals surface area contributed by atoms with Crippen molar-refractivity contribution in [1.29, 1.82) is 0 Å². The van der Waals surface area contributed by atoms with Gasteiger partial charge in [0.2, 0.25) is 0 Å². The van der Waals surface area contributed by atoms with Crippen molar-refractivity contribution in [3.05, 3.63) is 0 Å². The van der Waals surface area contributed by atoms with Crippen LogP contribution in [0.1, 0.15) is 32.1 Å². The minimum Gasteiger partial charge on any atom is -0.317 e. The predicted octanol–water partition coefficient (Wildman–Crippen LogP) is 1.22. The zero-order chi connectivity index (χ0) is 8.60. The maximum absolute atomic E-state index is 3.41. The van der Waals surface area contributed by atoms with Crippen LogP contribution < -0.4 is 5.32 Å². The summed E-state index contributed by atoms with van der Waals surface area (Å²) in [5.41, 5.74) is 0.591. The molecule has 0 aromatic carbocycles. The number of hydrogen-bond acceptors (Lipinski definition) is 2. The standard InChI is InChI=1S/C10H20N2/c1-11-9-4-6-10(8-9)5-3-7-12(10)2/h9,11H,3-8H2,1-2H3. The van der Waals surface area contributed by atoms with Gasteiger partial charge in [0.25, 0.3) is 0 Å². The van der Waals surface area contributed by atoms with Crippen molar-refractivity contribution in [3.8, 4) is 0 Å². The Balaban J connectivity index is 2.04. The normalized spacial score (nSPS) is 43.0. The lowest BCUT2D eigenvalue weighted by atomic mass is 9.94. The van der Waals surface area contributed by atoms with Gasteiger partial charge in [0.15, 0.2) is 0 Å². The van der Waals surface area contributed by atoms with Crippen LogP contribution in [-0.2, 0) is 0 Å². The molecule has 1 saturated carbocycles. The second-order valence-electron chi connectivity index (χ2n) is 4.48. The number of nitrogens with zero attached hydrogens (tertiary/aromatic N) is 1. The van der Waals surface area contributed by atoms with E-state index in [1.54, 1.807) is 0 Å². The number of hydrogen-bond donors (Lipinski definition) is 1. The Morgan fingerprint density at radius 1 is 1.42 bits per heavy atom. The first-order valence-corrected chi connectivity index (χ1v) is 5.15. The average Bonchev–Trinajstić information content (AvgIpc) is 2.63. The Morgan fingerprint density at radius 2 is 2.25 bits per heavy atom. The summed E-state index contributed by atoms with van der Waals surface area (Å²) in [5, 5.41) is 3.41. The molecule has 1 heterocycles. The summed E-state index contributed by atoms with van der Waals surface area (Å²) in [6, 6.07) is 0.783. The van der Waals surface area contributed by atoms with Gasteiger partial charge in [-0.2, -0.15) is 0 Å². The summed E-state index contributed by atoms with van der Waals surface area (Å²) in [5.74, 6) is 0. The Morgan fingerprint density at radius 3 is 2.75 bits per heavy atom. The van der Waals surface area contributed by atoms with Crippen LogP contribution in [0.25, 0.3) is 0 Å². The van der Waals surface area contributed by atoms with E-state index in [1.807, 2.05) is 0 Å². The van der Waals surface area contributed by atoms with E-state index in [0.717, 1.165) is 6.04 Å². The van der Waals surface area contributed by atoms with E-state index in [4.69, 9.17) is 0 Å². The molecule has 2 rings (SSSR count). The molecule has 2 heteroatoms. The fourth-order valence-corrected chi connectivity index (χ4v) is 3.00. The lowest BCUT2D eigenvalue weighted by Gasteiger charge is -2.32. The van der Waals surface area contributed by atoms with E-state index < -0.39 is 0 Å². The molecule has 2 atom stereocenters. The molecule has 0 aromatic rings. The van der Waals surface area contributed by atoms with Gasteiger partial charge >= 0.3 is 0 Å². The molecule has 1 N–H and O–H groups in total. The maximum atomic E-state index is 3.41. The van der Waals surface area contributed by atoms with Gasteiger partial charge in [0.1, 0.15) is 0 Å². The highest BCUT2D eigenvalue weighted by molar-refractivity contribution is 5.02. The molecule has 70 valence electrons. The van der Waals surface area contributed by atoms with Crippen molar-refractivity contribution in [2.24, 2.45) is 0 Å². The van der Waals surface area contributed by atoms with Crippen molar-refractivity contribution < 1.29 is 0 Å². The molecule has 12 heavy (non-hydrogen) atoms. The van der Waals surface area contributed by atoms with E-state index in [1.165, 1.54) is 38.6 Å². The molecule has 2 unspecified atom stereocenters. The van der Waals surface area contributed by atoms with E-state index in [9.17, 15) is 0 Å². The summed E-state index contributed by atoms with van der Waals surface area (Å²) < 4.78 is 0. The van der Waals surface area contributed by atoms with Crippen LogP contribution in [0.4, 0.5) is 0 Å². The number of rotatable bonds is 1. The fraction of sp³-hybridized carbons (Fsp3) is 1.00. The van der Waals surface area contributed by atoms with Crippen LogP contribution >= 0.6 is 0 Å². The molecule has 0 bridgehead atoms. The molecule has 0 amide bonds. The number of likely N-dealkylation sites (tertiary alicyclic amines) is 1. The summed E-state index contributed by atoms with van der Waals surface area (Å²) in [6.07, 6.45) is 7.00. The minimum absolute atomic E-state index is 0.591. The van der Waals surface area contributed by atoms with E-state index >= 15 is 0 Å². The van der Waals surface area contributed by atoms with Crippen LogP contribution in [0.3, 0.4) is 0 Å². The third kappa shape index (κ3) is 1.17. The monoisotopic (exact) mass is 168 g/mol. The Hall–Kier alpha value is -0.0800. The topological polar surface area (TPSA) is 15.3 Å². The second kappa shape index (κ2) is 3.00. The van der Waals surface area contributed by atoms with Crippen molar-refractivity contribution in [1.82, 2.24) is 10.2 Å². The molecule has 2 aliphatic rings. The fourth-order valence-electron chi connectivity index (χ4n) is 3.00. The quantitative estimate of drug-likeness (QED) is 0.633. The van der Waals surface area contributed by atoms with Gasteiger partial charge in [0, 0.05) is 11.6 Å². The van der Waals surface area contributed by atoms with Crippen LogP contribution in [0, 0.1) is 0 Å². The van der Waals surface area contributed by atoms with Crippen molar-refractivity contribution in [2.45, 2.75) is 43.7 Å². The SMILES string of the molecule is CNC1CCC2(CCCN2C)C1. The van der Waals surface area contributed by atoms with Gasteiger partial charge in [-0.1, -0.05) is 0 Å². The zero-order valence-corrected chi connectivity index (χ0v) is 8.27. The Kier molecular flexibility index (Phi) is 2.13. The third-order valence-electron chi connectivity index (χ3n) is 3.94.